The third-order valence-electron chi connectivity index (χ3n) is 1.83. The minimum Gasteiger partial charge on any atom is -0.507 e. The number of aliphatic hydroxyl groups excluding tert-OH is 1. The number of aromatic hydroxyl groups is 1. The van der Waals surface area contributed by atoms with Gasteiger partial charge in [-0.1, -0.05) is 0 Å². The van der Waals surface area contributed by atoms with Crippen molar-refractivity contribution in [2.75, 3.05) is 6.61 Å². The first kappa shape index (κ1) is 12.6. The molecule has 0 radical (unpaired) electrons. The molecule has 0 saturated heterocycles. The van der Waals surface area contributed by atoms with E-state index in [1.54, 1.807) is 0 Å². The molecule has 4 N–H and O–H groups in total. The molecule has 1 atom stereocenters. The molecule has 0 fully saturated rings. The Bertz CT molecular complexity index is 368. The van der Waals surface area contributed by atoms with E-state index in [0.29, 0.717) is 0 Å². The summed E-state index contributed by atoms with van der Waals surface area (Å²) >= 11 is 0. The fraction of sp³-hybridized carbons (Fsp3) is 0.333. The lowest BCUT2D eigenvalue weighted by atomic mass is 10.1. The highest BCUT2D eigenvalue weighted by molar-refractivity contribution is 5.41. The number of rotatable bonds is 3. The molecule has 1 rings (SSSR count). The van der Waals surface area contributed by atoms with Crippen molar-refractivity contribution in [3.63, 3.8) is 0 Å². The van der Waals surface area contributed by atoms with E-state index in [4.69, 9.17) is 10.8 Å². The van der Waals surface area contributed by atoms with Crippen molar-refractivity contribution in [3.8, 4) is 11.5 Å². The Morgan fingerprint density at radius 1 is 1.38 bits per heavy atom. The number of ether oxygens (including phenoxy) is 1. The predicted octanol–water partition coefficient (Wildman–Crippen LogP) is 1.28. The van der Waals surface area contributed by atoms with Gasteiger partial charge < -0.3 is 20.7 Å². The zero-order valence-corrected chi connectivity index (χ0v) is 8.03. The Labute approximate surface area is 89.1 Å². The molecule has 0 heterocycles. The Balaban J connectivity index is 2.91. The normalized spacial score (nSPS) is 13.6. The number of phenolic OH excluding ortho intramolecular Hbond substituents is 1. The van der Waals surface area contributed by atoms with E-state index in [9.17, 15) is 18.3 Å². The summed E-state index contributed by atoms with van der Waals surface area (Å²) in [6.07, 6.45) is -4.81. The van der Waals surface area contributed by atoms with E-state index < -0.39 is 30.5 Å². The second-order valence-electron chi connectivity index (χ2n) is 3.06. The molecule has 0 amide bonds. The molecule has 0 spiro atoms. The van der Waals surface area contributed by atoms with Crippen LogP contribution in [-0.4, -0.2) is 23.2 Å². The number of alkyl halides is 3. The largest absolute Gasteiger partial charge is 0.573 e. The smallest absolute Gasteiger partial charge is 0.507 e. The van der Waals surface area contributed by atoms with Crippen molar-refractivity contribution in [1.82, 2.24) is 0 Å². The van der Waals surface area contributed by atoms with E-state index in [1.807, 2.05) is 0 Å². The van der Waals surface area contributed by atoms with E-state index in [-0.39, 0.29) is 5.56 Å². The summed E-state index contributed by atoms with van der Waals surface area (Å²) in [5.74, 6) is -0.998. The third-order valence-corrected chi connectivity index (χ3v) is 1.83. The fourth-order valence-electron chi connectivity index (χ4n) is 1.13. The lowest BCUT2D eigenvalue weighted by Crippen LogP contribution is -2.18. The summed E-state index contributed by atoms with van der Waals surface area (Å²) < 4.78 is 39.1. The van der Waals surface area contributed by atoms with E-state index in [1.165, 1.54) is 0 Å². The number of aliphatic hydroxyl groups is 1. The molecule has 7 heteroatoms. The topological polar surface area (TPSA) is 75.7 Å². The molecule has 4 nitrogen and oxygen atoms in total. The number of benzene rings is 1. The van der Waals surface area contributed by atoms with Gasteiger partial charge in [0.2, 0.25) is 0 Å². The maximum absolute atomic E-state index is 11.8. The van der Waals surface area contributed by atoms with E-state index in [0.717, 1.165) is 18.2 Å². The zero-order valence-electron chi connectivity index (χ0n) is 8.03. The van der Waals surface area contributed by atoms with Gasteiger partial charge in [-0.3, -0.25) is 0 Å². The van der Waals surface area contributed by atoms with Crippen LogP contribution in [-0.2, 0) is 0 Å². The SMILES string of the molecule is N[C@H](CO)c1ccc(OC(F)(F)F)cc1O. The minimum absolute atomic E-state index is 0.150. The van der Waals surface area contributed by atoms with Crippen molar-refractivity contribution in [3.05, 3.63) is 23.8 Å². The summed E-state index contributed by atoms with van der Waals surface area (Å²) in [4.78, 5) is 0. The molecule has 16 heavy (non-hydrogen) atoms. The molecule has 0 aromatic heterocycles. The average molecular weight is 237 g/mol. The standard InChI is InChI=1S/C9H10F3NO3/c10-9(11,12)16-5-1-2-6(7(13)4-14)8(15)3-5/h1-3,7,14-15H,4,13H2/t7-/m1/s1. The molecule has 0 bridgehead atoms. The van der Waals surface area contributed by atoms with Gasteiger partial charge in [0.25, 0.3) is 0 Å². The quantitative estimate of drug-likeness (QED) is 0.740. The number of nitrogens with two attached hydrogens (primary N) is 1. The monoisotopic (exact) mass is 237 g/mol. The molecule has 0 unspecified atom stereocenters. The summed E-state index contributed by atoms with van der Waals surface area (Å²) in [7, 11) is 0. The number of phenols is 1. The van der Waals surface area contributed by atoms with E-state index in [2.05, 4.69) is 4.74 Å². The van der Waals surface area contributed by atoms with Gasteiger partial charge in [0.05, 0.1) is 12.6 Å². The summed E-state index contributed by atoms with van der Waals surface area (Å²) in [6.45, 7) is -0.424. The molecule has 1 aromatic carbocycles. The van der Waals surface area contributed by atoms with Crippen LogP contribution in [0.1, 0.15) is 11.6 Å². The molecular weight excluding hydrogens is 227 g/mol. The Hall–Kier alpha value is -1.47. The molecule has 0 saturated carbocycles. The Morgan fingerprint density at radius 2 is 2.00 bits per heavy atom. The van der Waals surface area contributed by atoms with Crippen LogP contribution < -0.4 is 10.5 Å². The Kier molecular flexibility index (Phi) is 3.61. The fourth-order valence-corrected chi connectivity index (χ4v) is 1.13. The van der Waals surface area contributed by atoms with Crippen LogP contribution in [0.4, 0.5) is 13.2 Å². The first-order chi connectivity index (χ1) is 7.33. The second-order valence-corrected chi connectivity index (χ2v) is 3.06. The van der Waals surface area contributed by atoms with Crippen LogP contribution >= 0.6 is 0 Å². The van der Waals surface area contributed by atoms with Gasteiger partial charge >= 0.3 is 6.36 Å². The van der Waals surface area contributed by atoms with Gasteiger partial charge in [-0.2, -0.15) is 0 Å². The summed E-state index contributed by atoms with van der Waals surface area (Å²) in [6, 6.07) is 2.12. The van der Waals surface area contributed by atoms with Crippen molar-refractivity contribution < 1.29 is 28.1 Å². The lowest BCUT2D eigenvalue weighted by Gasteiger charge is -2.13. The summed E-state index contributed by atoms with van der Waals surface area (Å²) in [5, 5.41) is 18.1. The molecule has 1 aromatic rings. The number of hydrogen-bond acceptors (Lipinski definition) is 4. The number of hydrogen-bond donors (Lipinski definition) is 3. The van der Waals surface area contributed by atoms with Gasteiger partial charge in [-0.15, -0.1) is 13.2 Å². The van der Waals surface area contributed by atoms with Crippen LogP contribution in [0.15, 0.2) is 18.2 Å². The maximum atomic E-state index is 11.8. The molecule has 0 aliphatic carbocycles. The van der Waals surface area contributed by atoms with Gasteiger partial charge in [0.1, 0.15) is 11.5 Å². The zero-order chi connectivity index (χ0) is 12.3. The predicted molar refractivity (Wildman–Crippen MR) is 48.8 cm³/mol. The molecule has 0 aliphatic heterocycles. The highest BCUT2D eigenvalue weighted by Gasteiger charge is 2.31. The van der Waals surface area contributed by atoms with Crippen molar-refractivity contribution in [2.45, 2.75) is 12.4 Å². The van der Waals surface area contributed by atoms with Crippen LogP contribution in [0.25, 0.3) is 0 Å². The van der Waals surface area contributed by atoms with Crippen molar-refractivity contribution in [1.29, 1.82) is 0 Å². The van der Waals surface area contributed by atoms with Crippen LogP contribution in [0, 0.1) is 0 Å². The van der Waals surface area contributed by atoms with Gasteiger partial charge in [0.15, 0.2) is 0 Å². The molecular formula is C9H10F3NO3. The van der Waals surface area contributed by atoms with Gasteiger partial charge in [-0.25, -0.2) is 0 Å². The first-order valence-corrected chi connectivity index (χ1v) is 4.28. The van der Waals surface area contributed by atoms with Crippen LogP contribution in [0.2, 0.25) is 0 Å². The highest BCUT2D eigenvalue weighted by atomic mass is 19.4. The van der Waals surface area contributed by atoms with Crippen LogP contribution in [0.3, 0.4) is 0 Å². The van der Waals surface area contributed by atoms with Crippen molar-refractivity contribution >= 4 is 0 Å². The molecule has 0 aliphatic rings. The highest BCUT2D eigenvalue weighted by Crippen LogP contribution is 2.30. The number of halogens is 3. The van der Waals surface area contributed by atoms with Gasteiger partial charge in [-0.05, 0) is 12.1 Å². The van der Waals surface area contributed by atoms with E-state index >= 15 is 0 Å². The maximum Gasteiger partial charge on any atom is 0.573 e. The Morgan fingerprint density at radius 3 is 2.44 bits per heavy atom. The third kappa shape index (κ3) is 3.28. The summed E-state index contributed by atoms with van der Waals surface area (Å²) in [5.41, 5.74) is 5.55. The average Bonchev–Trinajstić information content (AvgIpc) is 2.14. The minimum atomic E-state index is -4.81. The van der Waals surface area contributed by atoms with Gasteiger partial charge in [0, 0.05) is 11.6 Å². The first-order valence-electron chi connectivity index (χ1n) is 4.28. The van der Waals surface area contributed by atoms with Crippen molar-refractivity contribution in [2.24, 2.45) is 5.73 Å². The second kappa shape index (κ2) is 4.58. The molecule has 90 valence electrons. The lowest BCUT2D eigenvalue weighted by molar-refractivity contribution is -0.274. The van der Waals surface area contributed by atoms with Crippen LogP contribution in [0.5, 0.6) is 11.5 Å².